The predicted octanol–water partition coefficient (Wildman–Crippen LogP) is 4.62. The summed E-state index contributed by atoms with van der Waals surface area (Å²) in [4.78, 5) is 6.57. The summed E-state index contributed by atoms with van der Waals surface area (Å²) in [6.07, 6.45) is 9.71. The van der Waals surface area contributed by atoms with Gasteiger partial charge in [0.25, 0.3) is 0 Å². The van der Waals surface area contributed by atoms with E-state index in [1.165, 1.54) is 51.8 Å². The van der Waals surface area contributed by atoms with Crippen molar-refractivity contribution in [2.45, 2.75) is 38.8 Å². The van der Waals surface area contributed by atoms with Crippen molar-refractivity contribution in [2.75, 3.05) is 18.9 Å². The zero-order chi connectivity index (χ0) is 18.4. The number of aromatic nitrogens is 2. The molecule has 3 heterocycles. The molecule has 5 rings (SSSR count). The number of nitrogens with zero attached hydrogens (tertiary/aromatic N) is 3. The van der Waals surface area contributed by atoms with Crippen LogP contribution in [0.15, 0.2) is 42.7 Å². The van der Waals surface area contributed by atoms with E-state index in [-0.39, 0.29) is 0 Å². The zero-order valence-electron chi connectivity index (χ0n) is 16.1. The summed E-state index contributed by atoms with van der Waals surface area (Å²) in [6, 6.07) is 11.7. The summed E-state index contributed by atoms with van der Waals surface area (Å²) in [6.45, 7) is 4.32. The van der Waals surface area contributed by atoms with Crippen molar-refractivity contribution in [2.24, 2.45) is 0 Å². The minimum atomic E-state index is 0.678. The Kier molecular flexibility index (Phi) is 4.01. The second-order valence-electron chi connectivity index (χ2n) is 7.98. The van der Waals surface area contributed by atoms with Crippen molar-refractivity contribution in [3.05, 3.63) is 59.5 Å². The third-order valence-electron chi connectivity index (χ3n) is 5.79. The van der Waals surface area contributed by atoms with E-state index in [0.29, 0.717) is 6.04 Å². The normalized spacial score (nSPS) is 17.9. The van der Waals surface area contributed by atoms with Crippen LogP contribution in [0.25, 0.3) is 22.7 Å². The number of pyridine rings is 1. The fourth-order valence-corrected chi connectivity index (χ4v) is 4.11. The fourth-order valence-electron chi connectivity index (χ4n) is 4.11. The molecule has 4 heteroatoms. The first kappa shape index (κ1) is 16.6. The van der Waals surface area contributed by atoms with Crippen molar-refractivity contribution in [3.63, 3.8) is 0 Å². The average Bonchev–Trinajstić information content (AvgIpc) is 3.46. The first-order valence-electron chi connectivity index (χ1n) is 9.88. The molecule has 3 aromatic rings. The standard InChI is InChI=1S/C23H26N4/c1-16(17-7-10-24-11-8-17)14-27-22-6-5-19(25-18-3-4-18)13-20(22)21-15-26(2)12-9-23(21)27/h5-8,10-11,13-14,18,25H,3-4,9,12,15H2,1-2H3/b16-14+. The van der Waals surface area contributed by atoms with Crippen molar-refractivity contribution < 1.29 is 0 Å². The lowest BCUT2D eigenvalue weighted by Gasteiger charge is -2.23. The quantitative estimate of drug-likeness (QED) is 0.739. The molecule has 1 aliphatic heterocycles. The van der Waals surface area contributed by atoms with Crippen LogP contribution in [-0.4, -0.2) is 34.1 Å². The lowest BCUT2D eigenvalue weighted by atomic mass is 10.0. The minimum absolute atomic E-state index is 0.678. The maximum absolute atomic E-state index is 4.15. The van der Waals surface area contributed by atoms with Gasteiger partial charge in [-0.1, -0.05) is 0 Å². The summed E-state index contributed by atoms with van der Waals surface area (Å²) in [7, 11) is 2.22. The molecule has 0 radical (unpaired) electrons. The van der Waals surface area contributed by atoms with Gasteiger partial charge in [0.2, 0.25) is 0 Å². The molecule has 0 bridgehead atoms. The molecule has 1 fully saturated rings. The molecule has 138 valence electrons. The number of hydrogen-bond donors (Lipinski definition) is 1. The molecule has 0 unspecified atom stereocenters. The smallest absolute Gasteiger partial charge is 0.0530 e. The number of benzene rings is 1. The molecule has 2 aliphatic rings. The van der Waals surface area contributed by atoms with E-state index in [1.54, 1.807) is 0 Å². The highest BCUT2D eigenvalue weighted by Gasteiger charge is 2.24. The van der Waals surface area contributed by atoms with Crippen LogP contribution in [0.1, 0.15) is 36.6 Å². The summed E-state index contributed by atoms with van der Waals surface area (Å²) in [5.74, 6) is 0. The lowest BCUT2D eigenvalue weighted by Crippen LogP contribution is -2.26. The number of rotatable bonds is 4. The van der Waals surface area contributed by atoms with E-state index in [4.69, 9.17) is 0 Å². The van der Waals surface area contributed by atoms with Gasteiger partial charge in [0.15, 0.2) is 0 Å². The lowest BCUT2D eigenvalue weighted by molar-refractivity contribution is 0.312. The molecule has 0 atom stereocenters. The van der Waals surface area contributed by atoms with Crippen LogP contribution < -0.4 is 5.32 Å². The third kappa shape index (κ3) is 3.15. The number of likely N-dealkylation sites (N-methyl/N-ethyl adjacent to an activating group) is 1. The SMILES string of the molecule is C/C(=C\n1c2c(c3cc(NC4CC4)ccc31)CN(C)CC2)c1ccncc1. The van der Waals surface area contributed by atoms with Crippen LogP contribution in [0.3, 0.4) is 0 Å². The van der Waals surface area contributed by atoms with Gasteiger partial charge >= 0.3 is 0 Å². The van der Waals surface area contributed by atoms with Gasteiger partial charge in [0.05, 0.1) is 5.52 Å². The Labute approximate surface area is 160 Å². The Morgan fingerprint density at radius 2 is 2.00 bits per heavy atom. The summed E-state index contributed by atoms with van der Waals surface area (Å²) < 4.78 is 2.42. The molecule has 0 amide bonds. The van der Waals surface area contributed by atoms with Crippen LogP contribution in [0, 0.1) is 0 Å². The third-order valence-corrected chi connectivity index (χ3v) is 5.79. The van der Waals surface area contributed by atoms with Crippen LogP contribution in [0.5, 0.6) is 0 Å². The number of nitrogens with one attached hydrogen (secondary N) is 1. The summed E-state index contributed by atoms with van der Waals surface area (Å²) in [5, 5.41) is 5.05. The van der Waals surface area contributed by atoms with E-state index in [2.05, 4.69) is 70.3 Å². The van der Waals surface area contributed by atoms with Crippen LogP contribution >= 0.6 is 0 Å². The topological polar surface area (TPSA) is 33.1 Å². The molecular weight excluding hydrogens is 332 g/mol. The van der Waals surface area contributed by atoms with Gasteiger partial charge < -0.3 is 14.8 Å². The van der Waals surface area contributed by atoms with Gasteiger partial charge in [-0.25, -0.2) is 0 Å². The Balaban J connectivity index is 1.64. The van der Waals surface area contributed by atoms with Gasteiger partial charge in [-0.2, -0.15) is 0 Å². The predicted molar refractivity (Wildman–Crippen MR) is 113 cm³/mol. The van der Waals surface area contributed by atoms with Gasteiger partial charge in [-0.15, -0.1) is 0 Å². The van der Waals surface area contributed by atoms with E-state index < -0.39 is 0 Å². The molecule has 0 saturated heterocycles. The molecule has 1 aliphatic carbocycles. The van der Waals surface area contributed by atoms with Crippen LogP contribution in [0.4, 0.5) is 5.69 Å². The van der Waals surface area contributed by atoms with E-state index in [1.807, 2.05) is 12.4 Å². The highest BCUT2D eigenvalue weighted by molar-refractivity contribution is 5.92. The van der Waals surface area contributed by atoms with Crippen LogP contribution in [-0.2, 0) is 13.0 Å². The zero-order valence-corrected chi connectivity index (χ0v) is 16.1. The van der Waals surface area contributed by atoms with Gasteiger partial charge in [0.1, 0.15) is 0 Å². The maximum atomic E-state index is 4.15. The molecule has 2 aromatic heterocycles. The Morgan fingerprint density at radius 3 is 2.78 bits per heavy atom. The maximum Gasteiger partial charge on any atom is 0.0530 e. The Bertz CT molecular complexity index is 1010. The molecule has 0 spiro atoms. The van der Waals surface area contributed by atoms with E-state index in [0.717, 1.165) is 19.5 Å². The van der Waals surface area contributed by atoms with E-state index >= 15 is 0 Å². The monoisotopic (exact) mass is 358 g/mol. The highest BCUT2D eigenvalue weighted by atomic mass is 15.1. The first-order chi connectivity index (χ1) is 13.2. The highest BCUT2D eigenvalue weighted by Crippen LogP contribution is 2.35. The number of fused-ring (bicyclic) bond motifs is 3. The van der Waals surface area contributed by atoms with Gasteiger partial charge in [-0.3, -0.25) is 4.98 Å². The largest absolute Gasteiger partial charge is 0.382 e. The molecule has 4 nitrogen and oxygen atoms in total. The summed E-state index contributed by atoms with van der Waals surface area (Å²) >= 11 is 0. The summed E-state index contributed by atoms with van der Waals surface area (Å²) in [5.41, 5.74) is 7.99. The second-order valence-corrected chi connectivity index (χ2v) is 7.98. The van der Waals surface area contributed by atoms with Crippen molar-refractivity contribution in [1.29, 1.82) is 0 Å². The number of allylic oxidation sites excluding steroid dienone is 1. The molecule has 1 N–H and O–H groups in total. The van der Waals surface area contributed by atoms with Crippen molar-refractivity contribution >= 4 is 28.4 Å². The van der Waals surface area contributed by atoms with Crippen molar-refractivity contribution in [3.8, 4) is 0 Å². The number of hydrogen-bond acceptors (Lipinski definition) is 3. The Hall–Kier alpha value is -2.59. The van der Waals surface area contributed by atoms with Gasteiger partial charge in [-0.05, 0) is 73.8 Å². The average molecular weight is 358 g/mol. The molecular formula is C23H26N4. The van der Waals surface area contributed by atoms with Crippen LogP contribution in [0.2, 0.25) is 0 Å². The first-order valence-corrected chi connectivity index (χ1v) is 9.88. The fraction of sp³-hybridized carbons (Fsp3) is 0.348. The number of anilines is 1. The Morgan fingerprint density at radius 1 is 1.19 bits per heavy atom. The van der Waals surface area contributed by atoms with Crippen molar-refractivity contribution in [1.82, 2.24) is 14.5 Å². The van der Waals surface area contributed by atoms with E-state index in [9.17, 15) is 0 Å². The minimum Gasteiger partial charge on any atom is -0.382 e. The molecule has 1 aromatic carbocycles. The van der Waals surface area contributed by atoms with Gasteiger partial charge in [0, 0.05) is 60.9 Å². The molecule has 27 heavy (non-hydrogen) atoms. The second kappa shape index (κ2) is 6.54. The molecule has 1 saturated carbocycles.